The average Bonchev–Trinajstić information content (AvgIpc) is 2.35. The lowest BCUT2D eigenvalue weighted by Crippen LogP contribution is -2.40. The van der Waals surface area contributed by atoms with E-state index < -0.39 is 23.2 Å². The molecule has 1 aromatic carbocycles. The van der Waals surface area contributed by atoms with Crippen molar-refractivity contribution in [2.75, 3.05) is 11.9 Å². The van der Waals surface area contributed by atoms with Crippen LogP contribution in [0.5, 0.6) is 0 Å². The fourth-order valence-electron chi connectivity index (χ4n) is 1.53. The van der Waals surface area contributed by atoms with Crippen molar-refractivity contribution >= 4 is 17.6 Å². The second-order valence-electron chi connectivity index (χ2n) is 5.01. The van der Waals surface area contributed by atoms with Gasteiger partial charge in [0, 0.05) is 12.2 Å². The van der Waals surface area contributed by atoms with Crippen molar-refractivity contribution in [1.82, 2.24) is 5.32 Å². The van der Waals surface area contributed by atoms with E-state index in [2.05, 4.69) is 10.6 Å². The lowest BCUT2D eigenvalue weighted by Gasteiger charge is -2.22. The van der Waals surface area contributed by atoms with Gasteiger partial charge in [-0.3, -0.25) is 4.79 Å². The molecule has 0 aliphatic carbocycles. The first-order valence-electron chi connectivity index (χ1n) is 6.37. The van der Waals surface area contributed by atoms with Gasteiger partial charge in [0.15, 0.2) is 0 Å². The van der Waals surface area contributed by atoms with Gasteiger partial charge in [-0.1, -0.05) is 6.92 Å². The Kier molecular flexibility index (Phi) is 5.07. The minimum atomic E-state index is -1.22. The van der Waals surface area contributed by atoms with Crippen LogP contribution in [0.1, 0.15) is 37.6 Å². The third kappa shape index (κ3) is 3.94. The van der Waals surface area contributed by atoms with E-state index in [0.717, 1.165) is 12.5 Å². The van der Waals surface area contributed by atoms with Crippen LogP contribution >= 0.6 is 0 Å². The number of amides is 1. The quantitative estimate of drug-likeness (QED) is 0.747. The molecule has 0 spiro atoms. The number of aliphatic carboxylic acids is 1. The van der Waals surface area contributed by atoms with Crippen molar-refractivity contribution in [1.29, 1.82) is 0 Å². The van der Waals surface area contributed by atoms with Gasteiger partial charge in [0.25, 0.3) is 5.91 Å². The molecule has 0 aromatic heterocycles. The Labute approximate surface area is 117 Å². The van der Waals surface area contributed by atoms with Crippen molar-refractivity contribution in [2.24, 2.45) is 0 Å². The number of hydrogen-bond donors (Lipinski definition) is 3. The van der Waals surface area contributed by atoms with Crippen LogP contribution in [-0.4, -0.2) is 29.1 Å². The molecule has 6 heteroatoms. The lowest BCUT2D eigenvalue weighted by molar-refractivity contribution is -0.141. The number of halogens is 1. The Morgan fingerprint density at radius 1 is 1.35 bits per heavy atom. The number of carbonyl (C=O) groups is 2. The van der Waals surface area contributed by atoms with E-state index in [1.807, 2.05) is 6.92 Å². The molecule has 0 aliphatic heterocycles. The van der Waals surface area contributed by atoms with E-state index in [1.54, 1.807) is 0 Å². The number of carboxylic acid groups (broad SMARTS) is 1. The van der Waals surface area contributed by atoms with Crippen molar-refractivity contribution in [3.63, 3.8) is 0 Å². The second kappa shape index (κ2) is 6.36. The molecule has 0 radical (unpaired) electrons. The summed E-state index contributed by atoms with van der Waals surface area (Å²) < 4.78 is 13.9. The number of carbonyl (C=O) groups excluding carboxylic acids is 1. The van der Waals surface area contributed by atoms with Gasteiger partial charge >= 0.3 is 5.97 Å². The van der Waals surface area contributed by atoms with Crippen LogP contribution in [0.4, 0.5) is 10.1 Å². The Balaban J connectivity index is 2.88. The van der Waals surface area contributed by atoms with Crippen LogP contribution in [0.3, 0.4) is 0 Å². The molecule has 0 heterocycles. The normalized spacial score (nSPS) is 11.0. The zero-order chi connectivity index (χ0) is 15.3. The van der Waals surface area contributed by atoms with Crippen molar-refractivity contribution in [2.45, 2.75) is 32.7 Å². The topological polar surface area (TPSA) is 78.4 Å². The number of rotatable bonds is 6. The molecule has 1 amide bonds. The summed E-state index contributed by atoms with van der Waals surface area (Å²) in [5.41, 5.74) is -0.975. The predicted octanol–water partition coefficient (Wildman–Crippen LogP) is 2.24. The van der Waals surface area contributed by atoms with E-state index in [1.165, 1.54) is 26.0 Å². The van der Waals surface area contributed by atoms with Crippen LogP contribution in [0.2, 0.25) is 0 Å². The van der Waals surface area contributed by atoms with Gasteiger partial charge in [0.2, 0.25) is 0 Å². The summed E-state index contributed by atoms with van der Waals surface area (Å²) in [4.78, 5) is 22.6. The molecule has 0 fully saturated rings. The van der Waals surface area contributed by atoms with Gasteiger partial charge in [0.1, 0.15) is 11.4 Å². The molecule has 0 bridgehead atoms. The van der Waals surface area contributed by atoms with Gasteiger partial charge in [0.05, 0.1) is 5.56 Å². The van der Waals surface area contributed by atoms with E-state index in [9.17, 15) is 14.0 Å². The molecule has 0 unspecified atom stereocenters. The Morgan fingerprint density at radius 2 is 2.00 bits per heavy atom. The molecule has 0 aliphatic rings. The highest BCUT2D eigenvalue weighted by Crippen LogP contribution is 2.19. The summed E-state index contributed by atoms with van der Waals surface area (Å²) in [5, 5.41) is 14.3. The van der Waals surface area contributed by atoms with E-state index in [-0.39, 0.29) is 5.56 Å². The number of nitrogens with one attached hydrogen (secondary N) is 2. The molecule has 0 saturated heterocycles. The molecule has 1 aromatic rings. The molecule has 110 valence electrons. The average molecular weight is 282 g/mol. The maximum Gasteiger partial charge on any atom is 0.328 e. The summed E-state index contributed by atoms with van der Waals surface area (Å²) >= 11 is 0. The van der Waals surface area contributed by atoms with E-state index in [4.69, 9.17) is 5.11 Å². The fraction of sp³-hybridized carbons (Fsp3) is 0.429. The van der Waals surface area contributed by atoms with Gasteiger partial charge in [-0.2, -0.15) is 0 Å². The van der Waals surface area contributed by atoms with Gasteiger partial charge < -0.3 is 15.7 Å². The number of carboxylic acids is 1. The molecule has 0 atom stereocenters. The first-order valence-corrected chi connectivity index (χ1v) is 6.37. The molecule has 3 N–H and O–H groups in total. The number of hydrogen-bond acceptors (Lipinski definition) is 3. The van der Waals surface area contributed by atoms with Crippen LogP contribution < -0.4 is 10.6 Å². The van der Waals surface area contributed by atoms with Crippen LogP contribution in [0, 0.1) is 5.82 Å². The highest BCUT2D eigenvalue weighted by atomic mass is 19.1. The zero-order valence-electron chi connectivity index (χ0n) is 11.8. The maximum absolute atomic E-state index is 13.9. The summed E-state index contributed by atoms with van der Waals surface area (Å²) in [6, 6.07) is 3.93. The number of anilines is 1. The van der Waals surface area contributed by atoms with E-state index in [0.29, 0.717) is 12.2 Å². The largest absolute Gasteiger partial charge is 0.480 e. The lowest BCUT2D eigenvalue weighted by atomic mass is 10.1. The fourth-order valence-corrected chi connectivity index (χ4v) is 1.53. The smallest absolute Gasteiger partial charge is 0.328 e. The SMILES string of the molecule is CCCNC(=O)c1ccc(NC(C)(C)C(=O)O)cc1F. The first-order chi connectivity index (χ1) is 9.27. The summed E-state index contributed by atoms with van der Waals surface area (Å²) in [5.74, 6) is -2.22. The molecule has 5 nitrogen and oxygen atoms in total. The van der Waals surface area contributed by atoms with E-state index >= 15 is 0 Å². The highest BCUT2D eigenvalue weighted by Gasteiger charge is 2.27. The minimum Gasteiger partial charge on any atom is -0.480 e. The third-order valence-corrected chi connectivity index (χ3v) is 2.74. The monoisotopic (exact) mass is 282 g/mol. The van der Waals surface area contributed by atoms with Crippen LogP contribution in [-0.2, 0) is 4.79 Å². The van der Waals surface area contributed by atoms with Gasteiger partial charge in [-0.25, -0.2) is 9.18 Å². The maximum atomic E-state index is 13.9. The minimum absolute atomic E-state index is 0.0582. The Hall–Kier alpha value is -2.11. The van der Waals surface area contributed by atoms with Crippen molar-refractivity contribution in [3.05, 3.63) is 29.6 Å². The van der Waals surface area contributed by atoms with Crippen LogP contribution in [0.25, 0.3) is 0 Å². The highest BCUT2D eigenvalue weighted by molar-refractivity contribution is 5.95. The zero-order valence-corrected chi connectivity index (χ0v) is 11.8. The third-order valence-electron chi connectivity index (χ3n) is 2.74. The standard InChI is InChI=1S/C14H19FN2O3/c1-4-7-16-12(18)10-6-5-9(8-11(10)15)17-14(2,3)13(19)20/h5-6,8,17H,4,7H2,1-3H3,(H,16,18)(H,19,20). The predicted molar refractivity (Wildman–Crippen MR) is 74.4 cm³/mol. The molecular weight excluding hydrogens is 263 g/mol. The van der Waals surface area contributed by atoms with Crippen molar-refractivity contribution < 1.29 is 19.1 Å². The van der Waals surface area contributed by atoms with Crippen molar-refractivity contribution in [3.8, 4) is 0 Å². The summed E-state index contributed by atoms with van der Waals surface area (Å²) in [6.07, 6.45) is 0.764. The summed E-state index contributed by atoms with van der Waals surface area (Å²) in [7, 11) is 0. The molecule has 0 saturated carbocycles. The molecule has 1 rings (SSSR count). The summed E-state index contributed by atoms with van der Waals surface area (Å²) in [6.45, 7) is 5.31. The molecular formula is C14H19FN2O3. The Bertz CT molecular complexity index is 515. The van der Waals surface area contributed by atoms with Gasteiger partial charge in [-0.05, 0) is 38.5 Å². The van der Waals surface area contributed by atoms with Crippen LogP contribution in [0.15, 0.2) is 18.2 Å². The Morgan fingerprint density at radius 3 is 2.50 bits per heavy atom. The first kappa shape index (κ1) is 15.9. The second-order valence-corrected chi connectivity index (χ2v) is 5.01. The van der Waals surface area contributed by atoms with Gasteiger partial charge in [-0.15, -0.1) is 0 Å². The molecule has 20 heavy (non-hydrogen) atoms. The number of benzene rings is 1.